The van der Waals surface area contributed by atoms with Crippen LogP contribution in [-0.4, -0.2) is 60.6 Å². The molecule has 0 spiro atoms. The number of hydrogen-bond donors (Lipinski definition) is 0. The lowest BCUT2D eigenvalue weighted by atomic mass is 9.86. The third-order valence-electron chi connectivity index (χ3n) is 5.30. The van der Waals surface area contributed by atoms with Crippen LogP contribution in [0.3, 0.4) is 0 Å². The van der Waals surface area contributed by atoms with Crippen LogP contribution in [0.15, 0.2) is 12.2 Å². The molecule has 1 heterocycles. The lowest BCUT2D eigenvalue weighted by molar-refractivity contribution is -0.129. The summed E-state index contributed by atoms with van der Waals surface area (Å²) in [6.45, 7) is 6.79. The Bertz CT molecular complexity index is 392. The first-order chi connectivity index (χ1) is 10.7. The van der Waals surface area contributed by atoms with E-state index in [-0.39, 0.29) is 5.91 Å². The fourth-order valence-electron chi connectivity index (χ4n) is 3.70. The molecule has 4 heteroatoms. The smallest absolute Gasteiger partial charge is 0.246 e. The Kier molecular flexibility index (Phi) is 5.53. The van der Waals surface area contributed by atoms with E-state index in [1.807, 2.05) is 6.08 Å². The van der Waals surface area contributed by atoms with Crippen LogP contribution in [0.5, 0.6) is 0 Å². The Morgan fingerprint density at radius 2 is 1.68 bits per heavy atom. The highest BCUT2D eigenvalue weighted by Crippen LogP contribution is 2.35. The van der Waals surface area contributed by atoms with Gasteiger partial charge in [0, 0.05) is 37.8 Å². The molecule has 0 atom stereocenters. The summed E-state index contributed by atoms with van der Waals surface area (Å²) < 4.78 is 5.35. The summed E-state index contributed by atoms with van der Waals surface area (Å²) in [5, 5.41) is 0. The molecule has 124 valence electrons. The average Bonchev–Trinajstić information content (AvgIpc) is 3.35. The van der Waals surface area contributed by atoms with Crippen LogP contribution in [0.1, 0.15) is 45.4 Å². The van der Waals surface area contributed by atoms with E-state index in [9.17, 15) is 4.79 Å². The maximum atomic E-state index is 12.6. The third kappa shape index (κ3) is 4.32. The molecular weight excluding hydrogens is 276 g/mol. The number of rotatable bonds is 5. The van der Waals surface area contributed by atoms with Crippen molar-refractivity contribution >= 4 is 5.91 Å². The fraction of sp³-hybridized carbons (Fsp3) is 0.833. The number of morpholine rings is 1. The van der Waals surface area contributed by atoms with Gasteiger partial charge in [0.15, 0.2) is 0 Å². The first kappa shape index (κ1) is 16.0. The standard InChI is InChI=1S/C18H30N2O2/c1-15-4-6-16(7-5-15)20(17-8-9-17)18(21)3-2-10-19-11-13-22-14-12-19/h2-3,15-17H,4-14H2,1H3/b3-2+. The van der Waals surface area contributed by atoms with E-state index in [1.54, 1.807) is 0 Å². The van der Waals surface area contributed by atoms with Gasteiger partial charge in [-0.25, -0.2) is 0 Å². The van der Waals surface area contributed by atoms with Crippen molar-refractivity contribution in [1.82, 2.24) is 9.80 Å². The zero-order valence-electron chi connectivity index (χ0n) is 13.9. The summed E-state index contributed by atoms with van der Waals surface area (Å²) in [5.41, 5.74) is 0. The Balaban J connectivity index is 1.51. The van der Waals surface area contributed by atoms with Crippen molar-refractivity contribution in [1.29, 1.82) is 0 Å². The average molecular weight is 306 g/mol. The van der Waals surface area contributed by atoms with E-state index < -0.39 is 0 Å². The van der Waals surface area contributed by atoms with Crippen molar-refractivity contribution in [3.63, 3.8) is 0 Å². The quantitative estimate of drug-likeness (QED) is 0.731. The van der Waals surface area contributed by atoms with Crippen molar-refractivity contribution in [2.45, 2.75) is 57.5 Å². The molecule has 0 bridgehead atoms. The van der Waals surface area contributed by atoms with Gasteiger partial charge in [0.05, 0.1) is 13.2 Å². The molecule has 2 saturated carbocycles. The maximum Gasteiger partial charge on any atom is 0.246 e. The molecule has 3 rings (SSSR count). The molecule has 3 aliphatic rings. The number of hydrogen-bond acceptors (Lipinski definition) is 3. The van der Waals surface area contributed by atoms with Gasteiger partial charge >= 0.3 is 0 Å². The minimum absolute atomic E-state index is 0.246. The van der Waals surface area contributed by atoms with Gasteiger partial charge in [0.25, 0.3) is 0 Å². The molecule has 0 aromatic carbocycles. The number of carbonyl (C=O) groups excluding carboxylic acids is 1. The number of carbonyl (C=O) groups is 1. The summed E-state index contributed by atoms with van der Waals surface area (Å²) in [6, 6.07) is 1.02. The Morgan fingerprint density at radius 1 is 1.09 bits per heavy atom. The van der Waals surface area contributed by atoms with Crippen LogP contribution in [-0.2, 0) is 9.53 Å². The SMILES string of the molecule is CC1CCC(N(C(=O)/C=C/CN2CCOCC2)C2CC2)CC1. The minimum atomic E-state index is 0.246. The highest BCUT2D eigenvalue weighted by Gasteiger charge is 2.37. The van der Waals surface area contributed by atoms with E-state index in [2.05, 4.69) is 22.8 Å². The summed E-state index contributed by atoms with van der Waals surface area (Å²) in [4.78, 5) is 17.2. The number of amides is 1. The highest BCUT2D eigenvalue weighted by molar-refractivity contribution is 5.88. The van der Waals surface area contributed by atoms with Gasteiger partial charge in [0.1, 0.15) is 0 Å². The van der Waals surface area contributed by atoms with E-state index >= 15 is 0 Å². The van der Waals surface area contributed by atoms with Gasteiger partial charge in [-0.15, -0.1) is 0 Å². The van der Waals surface area contributed by atoms with E-state index in [0.29, 0.717) is 12.1 Å². The predicted molar refractivity (Wildman–Crippen MR) is 87.7 cm³/mol. The Hall–Kier alpha value is -0.870. The zero-order chi connectivity index (χ0) is 15.4. The molecule has 0 aromatic rings. The van der Waals surface area contributed by atoms with Crippen LogP contribution in [0.25, 0.3) is 0 Å². The molecule has 1 amide bonds. The molecule has 1 saturated heterocycles. The van der Waals surface area contributed by atoms with Gasteiger partial charge in [0.2, 0.25) is 5.91 Å². The van der Waals surface area contributed by atoms with Crippen LogP contribution < -0.4 is 0 Å². The van der Waals surface area contributed by atoms with Crippen LogP contribution in [0.4, 0.5) is 0 Å². The van der Waals surface area contributed by atoms with Crippen LogP contribution in [0, 0.1) is 5.92 Å². The molecule has 2 aliphatic carbocycles. The first-order valence-corrected chi connectivity index (χ1v) is 9.03. The minimum Gasteiger partial charge on any atom is -0.379 e. The molecule has 1 aliphatic heterocycles. The second-order valence-corrected chi connectivity index (χ2v) is 7.21. The van der Waals surface area contributed by atoms with E-state index in [1.165, 1.54) is 38.5 Å². The first-order valence-electron chi connectivity index (χ1n) is 9.03. The Morgan fingerprint density at radius 3 is 2.27 bits per heavy atom. The topological polar surface area (TPSA) is 32.8 Å². The molecule has 4 nitrogen and oxygen atoms in total. The zero-order valence-corrected chi connectivity index (χ0v) is 13.9. The molecule has 0 radical (unpaired) electrons. The van der Waals surface area contributed by atoms with Crippen molar-refractivity contribution in [3.05, 3.63) is 12.2 Å². The summed E-state index contributed by atoms with van der Waals surface area (Å²) >= 11 is 0. The monoisotopic (exact) mass is 306 g/mol. The molecule has 0 aromatic heterocycles. The third-order valence-corrected chi connectivity index (χ3v) is 5.30. The van der Waals surface area contributed by atoms with E-state index in [0.717, 1.165) is 38.8 Å². The summed E-state index contributed by atoms with van der Waals surface area (Å²) in [5.74, 6) is 1.08. The fourth-order valence-corrected chi connectivity index (χ4v) is 3.70. The van der Waals surface area contributed by atoms with E-state index in [4.69, 9.17) is 4.74 Å². The lowest BCUT2D eigenvalue weighted by Gasteiger charge is -2.36. The number of nitrogens with zero attached hydrogens (tertiary/aromatic N) is 2. The van der Waals surface area contributed by atoms with Crippen molar-refractivity contribution in [2.75, 3.05) is 32.8 Å². The van der Waals surface area contributed by atoms with Gasteiger partial charge in [-0.2, -0.15) is 0 Å². The summed E-state index contributed by atoms with van der Waals surface area (Å²) in [7, 11) is 0. The van der Waals surface area contributed by atoms with Gasteiger partial charge in [-0.3, -0.25) is 9.69 Å². The van der Waals surface area contributed by atoms with Gasteiger partial charge in [-0.05, 0) is 44.4 Å². The molecule has 0 N–H and O–H groups in total. The molecule has 22 heavy (non-hydrogen) atoms. The van der Waals surface area contributed by atoms with Gasteiger partial charge in [-0.1, -0.05) is 13.0 Å². The Labute approximate surface area is 134 Å². The normalized spacial score (nSPS) is 30.6. The summed E-state index contributed by atoms with van der Waals surface area (Å²) in [6.07, 6.45) is 11.2. The second kappa shape index (κ2) is 7.60. The van der Waals surface area contributed by atoms with Gasteiger partial charge < -0.3 is 9.64 Å². The molecule has 0 unspecified atom stereocenters. The number of ether oxygens (including phenoxy) is 1. The lowest BCUT2D eigenvalue weighted by Crippen LogP contribution is -2.43. The molecular formula is C18H30N2O2. The van der Waals surface area contributed by atoms with Crippen LogP contribution >= 0.6 is 0 Å². The maximum absolute atomic E-state index is 12.6. The van der Waals surface area contributed by atoms with Crippen molar-refractivity contribution in [3.8, 4) is 0 Å². The molecule has 3 fully saturated rings. The van der Waals surface area contributed by atoms with Crippen molar-refractivity contribution < 1.29 is 9.53 Å². The van der Waals surface area contributed by atoms with Crippen molar-refractivity contribution in [2.24, 2.45) is 5.92 Å². The second-order valence-electron chi connectivity index (χ2n) is 7.21. The van der Waals surface area contributed by atoms with Crippen LogP contribution in [0.2, 0.25) is 0 Å². The largest absolute Gasteiger partial charge is 0.379 e. The predicted octanol–water partition coefficient (Wildman–Crippen LogP) is 2.44. The highest BCUT2D eigenvalue weighted by atomic mass is 16.5.